The van der Waals surface area contributed by atoms with Crippen LogP contribution in [0.3, 0.4) is 0 Å². The summed E-state index contributed by atoms with van der Waals surface area (Å²) in [5, 5.41) is 8.68. The van der Waals surface area contributed by atoms with E-state index in [2.05, 4.69) is 27.3 Å². The summed E-state index contributed by atoms with van der Waals surface area (Å²) in [5.41, 5.74) is 7.59. The zero-order chi connectivity index (χ0) is 19.8. The number of carbonyl (C=O) groups is 1. The van der Waals surface area contributed by atoms with Gasteiger partial charge in [-0.15, -0.1) is 11.3 Å². The predicted octanol–water partition coefficient (Wildman–Crippen LogP) is 3.91. The maximum Gasteiger partial charge on any atom is 0.235 e. The minimum absolute atomic E-state index is 0.117. The summed E-state index contributed by atoms with van der Waals surface area (Å²) in [4.78, 5) is 23.8. The predicted molar refractivity (Wildman–Crippen MR) is 115 cm³/mol. The average molecular weight is 417 g/mol. The van der Waals surface area contributed by atoms with E-state index in [9.17, 15) is 4.79 Å². The topological polar surface area (TPSA) is 98.7 Å². The van der Waals surface area contributed by atoms with Gasteiger partial charge in [-0.2, -0.15) is 5.10 Å². The van der Waals surface area contributed by atoms with Gasteiger partial charge in [0.05, 0.1) is 17.3 Å². The molecule has 28 heavy (non-hydrogen) atoms. The van der Waals surface area contributed by atoms with Crippen LogP contribution in [0.1, 0.15) is 43.7 Å². The lowest BCUT2D eigenvalue weighted by atomic mass is 9.89. The largest absolute Gasteiger partial charge is 0.383 e. The van der Waals surface area contributed by atoms with Gasteiger partial charge in [-0.25, -0.2) is 14.6 Å². The number of nitrogen functional groups attached to an aromatic ring is 1. The molecule has 3 aromatic rings. The van der Waals surface area contributed by atoms with Gasteiger partial charge < -0.3 is 11.1 Å². The highest BCUT2D eigenvalue weighted by Crippen LogP contribution is 2.39. The molecule has 0 bridgehead atoms. The fourth-order valence-corrected chi connectivity index (χ4v) is 5.65. The van der Waals surface area contributed by atoms with E-state index >= 15 is 0 Å². The molecule has 0 aliphatic heterocycles. The van der Waals surface area contributed by atoms with Crippen LogP contribution in [0.25, 0.3) is 10.2 Å². The van der Waals surface area contributed by atoms with Crippen molar-refractivity contribution < 1.29 is 4.79 Å². The monoisotopic (exact) mass is 416 g/mol. The second-order valence-electron chi connectivity index (χ2n) is 7.51. The van der Waals surface area contributed by atoms with Gasteiger partial charge in [-0.3, -0.25) is 4.79 Å². The van der Waals surface area contributed by atoms with Crippen LogP contribution in [0.15, 0.2) is 17.4 Å². The number of thioether (sulfide) groups is 1. The molecule has 0 spiro atoms. The molecule has 0 radical (unpaired) electrons. The number of aromatic nitrogens is 4. The van der Waals surface area contributed by atoms with Crippen molar-refractivity contribution in [2.24, 2.45) is 5.92 Å². The van der Waals surface area contributed by atoms with Gasteiger partial charge in [0.25, 0.3) is 0 Å². The Morgan fingerprint density at radius 2 is 2.29 bits per heavy atom. The summed E-state index contributed by atoms with van der Waals surface area (Å²) in [5.74, 6) is 2.02. The SMILES string of the molecule is CC1CCc2c(sc3nc(SCC(=O)Nc4ccnn4C(C)C)nc(N)c23)C1. The first-order valence-electron chi connectivity index (χ1n) is 9.46. The van der Waals surface area contributed by atoms with Crippen LogP contribution < -0.4 is 11.1 Å². The molecule has 1 amide bonds. The van der Waals surface area contributed by atoms with E-state index in [1.54, 1.807) is 28.3 Å². The molecule has 1 aliphatic carbocycles. The molecule has 1 aliphatic rings. The van der Waals surface area contributed by atoms with Crippen molar-refractivity contribution in [1.82, 2.24) is 19.7 Å². The summed E-state index contributed by atoms with van der Waals surface area (Å²) in [6.45, 7) is 6.32. The minimum Gasteiger partial charge on any atom is -0.383 e. The summed E-state index contributed by atoms with van der Waals surface area (Å²) < 4.78 is 1.78. The van der Waals surface area contributed by atoms with Crippen molar-refractivity contribution in [2.75, 3.05) is 16.8 Å². The Labute approximate surface area is 172 Å². The maximum absolute atomic E-state index is 12.3. The van der Waals surface area contributed by atoms with Crippen LogP contribution in [0.2, 0.25) is 0 Å². The fraction of sp³-hybridized carbons (Fsp3) is 0.474. The number of amides is 1. The molecule has 9 heteroatoms. The fourth-order valence-electron chi connectivity index (χ4n) is 3.55. The third kappa shape index (κ3) is 3.73. The first-order chi connectivity index (χ1) is 13.4. The number of hydrogen-bond acceptors (Lipinski definition) is 7. The standard InChI is InChI=1S/C19H24N6OS2/c1-10(2)25-14(6-7-21-25)22-15(26)9-27-19-23-17(20)16-12-5-4-11(3)8-13(12)28-18(16)24-19/h6-7,10-11H,4-5,8-9H2,1-3H3,(H,22,26)(H2,20,23,24). The maximum atomic E-state index is 12.3. The molecule has 1 atom stereocenters. The molecule has 0 fully saturated rings. The quantitative estimate of drug-likeness (QED) is 0.483. The number of nitrogens with zero attached hydrogens (tertiary/aromatic N) is 4. The van der Waals surface area contributed by atoms with E-state index in [1.807, 2.05) is 13.8 Å². The lowest BCUT2D eigenvalue weighted by molar-refractivity contribution is -0.113. The third-order valence-electron chi connectivity index (χ3n) is 4.92. The first kappa shape index (κ1) is 19.2. The molecule has 148 valence electrons. The van der Waals surface area contributed by atoms with Crippen LogP contribution in [0, 0.1) is 5.92 Å². The Hall–Kier alpha value is -2.13. The molecule has 0 aromatic carbocycles. The third-order valence-corrected chi connectivity index (χ3v) is 6.92. The van der Waals surface area contributed by atoms with Crippen molar-refractivity contribution in [1.29, 1.82) is 0 Å². The smallest absolute Gasteiger partial charge is 0.235 e. The normalized spacial score (nSPS) is 16.5. The summed E-state index contributed by atoms with van der Waals surface area (Å²) in [7, 11) is 0. The molecule has 3 aromatic heterocycles. The van der Waals surface area contributed by atoms with E-state index in [-0.39, 0.29) is 17.7 Å². The van der Waals surface area contributed by atoms with E-state index in [4.69, 9.17) is 5.73 Å². The van der Waals surface area contributed by atoms with E-state index < -0.39 is 0 Å². The second-order valence-corrected chi connectivity index (χ2v) is 9.54. The second kappa shape index (κ2) is 7.71. The van der Waals surface area contributed by atoms with Crippen molar-refractivity contribution in [2.45, 2.75) is 51.2 Å². The summed E-state index contributed by atoms with van der Waals surface area (Å²) >= 11 is 3.02. The van der Waals surface area contributed by atoms with E-state index in [0.717, 1.165) is 23.1 Å². The van der Waals surface area contributed by atoms with Crippen LogP contribution in [0.5, 0.6) is 0 Å². The highest BCUT2D eigenvalue weighted by molar-refractivity contribution is 7.99. The highest BCUT2D eigenvalue weighted by Gasteiger charge is 2.23. The number of anilines is 2. The Morgan fingerprint density at radius 1 is 1.46 bits per heavy atom. The Kier molecular flexibility index (Phi) is 5.29. The Balaban J connectivity index is 1.48. The highest BCUT2D eigenvalue weighted by atomic mass is 32.2. The number of rotatable bonds is 5. The van der Waals surface area contributed by atoms with Gasteiger partial charge in [0.15, 0.2) is 5.16 Å². The van der Waals surface area contributed by atoms with Gasteiger partial charge in [-0.05, 0) is 44.6 Å². The average Bonchev–Trinajstić information content (AvgIpc) is 3.23. The lowest BCUT2D eigenvalue weighted by Gasteiger charge is -2.17. The molecular formula is C19H24N6OS2. The molecular weight excluding hydrogens is 392 g/mol. The number of fused-ring (bicyclic) bond motifs is 3. The number of aryl methyl sites for hydroxylation is 1. The van der Waals surface area contributed by atoms with E-state index in [1.165, 1.54) is 28.6 Å². The van der Waals surface area contributed by atoms with Crippen LogP contribution in [0.4, 0.5) is 11.6 Å². The lowest BCUT2D eigenvalue weighted by Crippen LogP contribution is -2.18. The van der Waals surface area contributed by atoms with Crippen LogP contribution in [-0.4, -0.2) is 31.4 Å². The first-order valence-corrected chi connectivity index (χ1v) is 11.3. The van der Waals surface area contributed by atoms with Crippen LogP contribution in [-0.2, 0) is 17.6 Å². The van der Waals surface area contributed by atoms with Gasteiger partial charge in [0.1, 0.15) is 16.5 Å². The minimum atomic E-state index is -0.117. The number of thiophene rings is 1. The summed E-state index contributed by atoms with van der Waals surface area (Å²) in [6.07, 6.45) is 4.99. The van der Waals surface area contributed by atoms with Crippen molar-refractivity contribution in [3.63, 3.8) is 0 Å². The van der Waals surface area contributed by atoms with Crippen molar-refractivity contribution in [3.05, 3.63) is 22.7 Å². The van der Waals surface area contributed by atoms with E-state index in [0.29, 0.717) is 22.7 Å². The molecule has 3 heterocycles. The zero-order valence-electron chi connectivity index (χ0n) is 16.2. The molecule has 0 saturated carbocycles. The molecule has 0 saturated heterocycles. The number of nitrogens with two attached hydrogens (primary N) is 1. The number of carbonyl (C=O) groups excluding carboxylic acids is 1. The van der Waals surface area contributed by atoms with Crippen molar-refractivity contribution >= 4 is 50.9 Å². The van der Waals surface area contributed by atoms with Gasteiger partial charge in [-0.1, -0.05) is 18.7 Å². The number of hydrogen-bond donors (Lipinski definition) is 2. The molecule has 3 N–H and O–H groups in total. The number of nitrogens with one attached hydrogen (secondary N) is 1. The molecule has 1 unspecified atom stereocenters. The zero-order valence-corrected chi connectivity index (χ0v) is 17.9. The Morgan fingerprint density at radius 3 is 3.07 bits per heavy atom. The van der Waals surface area contributed by atoms with Gasteiger partial charge in [0.2, 0.25) is 5.91 Å². The molecule has 4 rings (SSSR count). The van der Waals surface area contributed by atoms with Crippen LogP contribution >= 0.6 is 23.1 Å². The Bertz CT molecular complexity index is 1030. The van der Waals surface area contributed by atoms with Crippen molar-refractivity contribution in [3.8, 4) is 0 Å². The van der Waals surface area contributed by atoms with Gasteiger partial charge >= 0.3 is 0 Å². The molecule has 7 nitrogen and oxygen atoms in total. The summed E-state index contributed by atoms with van der Waals surface area (Å²) in [6, 6.07) is 1.97. The van der Waals surface area contributed by atoms with Gasteiger partial charge in [0, 0.05) is 17.0 Å².